The molecule has 0 amide bonds. The van der Waals surface area contributed by atoms with Gasteiger partial charge in [0.15, 0.2) is 0 Å². The van der Waals surface area contributed by atoms with Gasteiger partial charge in [-0.3, -0.25) is 0 Å². The van der Waals surface area contributed by atoms with Gasteiger partial charge in [-0.1, -0.05) is 20.8 Å². The normalized spacial score (nSPS) is 13.8. The van der Waals surface area contributed by atoms with Gasteiger partial charge in [0.05, 0.1) is 0 Å². The molecule has 2 N–H and O–H groups in total. The molecule has 0 aromatic rings. The van der Waals surface area contributed by atoms with Crippen molar-refractivity contribution in [3.8, 4) is 0 Å². The zero-order chi connectivity index (χ0) is 10.7. The van der Waals surface area contributed by atoms with Crippen LogP contribution in [-0.4, -0.2) is 35.9 Å². The van der Waals surface area contributed by atoms with Crippen LogP contribution in [0.5, 0.6) is 0 Å². The molecule has 3 heteroatoms. The van der Waals surface area contributed by atoms with Crippen molar-refractivity contribution in [1.82, 2.24) is 10.4 Å². The number of nitrogens with zero attached hydrogens (tertiary/aromatic N) is 1. The van der Waals surface area contributed by atoms with E-state index in [1.54, 1.807) is 0 Å². The fourth-order valence-corrected chi connectivity index (χ4v) is 0.884. The molecule has 3 nitrogen and oxygen atoms in total. The first-order chi connectivity index (χ1) is 5.73. The van der Waals surface area contributed by atoms with Crippen molar-refractivity contribution in [3.05, 3.63) is 0 Å². The number of rotatable bonds is 4. The highest BCUT2D eigenvalue weighted by Gasteiger charge is 2.37. The SMILES string of the molecule is CNCCN(O)C(C)(C)C(C)(C)C. The second-order valence-corrected chi connectivity index (χ2v) is 5.04. The Hall–Kier alpha value is -0.120. The van der Waals surface area contributed by atoms with Gasteiger partial charge in [-0.25, -0.2) is 0 Å². The van der Waals surface area contributed by atoms with Gasteiger partial charge in [-0.05, 0) is 26.3 Å². The van der Waals surface area contributed by atoms with Crippen LogP contribution in [-0.2, 0) is 0 Å². The second-order valence-electron chi connectivity index (χ2n) is 5.04. The van der Waals surface area contributed by atoms with Gasteiger partial charge in [0.1, 0.15) is 0 Å². The third kappa shape index (κ3) is 3.25. The molecule has 0 aliphatic carbocycles. The van der Waals surface area contributed by atoms with Crippen LogP contribution in [0.15, 0.2) is 0 Å². The standard InChI is InChI=1S/C10H24N2O/c1-9(2,3)10(4,5)12(13)8-7-11-6/h11,13H,7-8H2,1-6H3. The molecule has 0 bridgehead atoms. The van der Waals surface area contributed by atoms with E-state index in [-0.39, 0.29) is 11.0 Å². The lowest BCUT2D eigenvalue weighted by atomic mass is 9.76. The molecule has 0 aliphatic rings. The molecule has 0 rings (SSSR count). The van der Waals surface area contributed by atoms with Crippen LogP contribution >= 0.6 is 0 Å². The lowest BCUT2D eigenvalue weighted by molar-refractivity contribution is -0.193. The molecule has 0 aromatic carbocycles. The fourth-order valence-electron chi connectivity index (χ4n) is 0.884. The molecule has 0 fully saturated rings. The first-order valence-corrected chi connectivity index (χ1v) is 4.84. The van der Waals surface area contributed by atoms with E-state index in [1.165, 1.54) is 5.06 Å². The third-order valence-electron chi connectivity index (χ3n) is 3.05. The summed E-state index contributed by atoms with van der Waals surface area (Å²) in [6.45, 7) is 12.0. The molecule has 0 radical (unpaired) electrons. The first-order valence-electron chi connectivity index (χ1n) is 4.84. The molecular weight excluding hydrogens is 164 g/mol. The van der Waals surface area contributed by atoms with E-state index in [0.717, 1.165) is 6.54 Å². The van der Waals surface area contributed by atoms with E-state index < -0.39 is 0 Å². The monoisotopic (exact) mass is 188 g/mol. The first kappa shape index (κ1) is 12.9. The summed E-state index contributed by atoms with van der Waals surface area (Å²) in [5, 5.41) is 14.3. The zero-order valence-electron chi connectivity index (χ0n) is 9.81. The Morgan fingerprint density at radius 1 is 1.15 bits per heavy atom. The van der Waals surface area contributed by atoms with E-state index in [2.05, 4.69) is 39.9 Å². The highest BCUT2D eigenvalue weighted by atomic mass is 16.5. The second kappa shape index (κ2) is 4.40. The van der Waals surface area contributed by atoms with Crippen LogP contribution in [0.2, 0.25) is 0 Å². The largest absolute Gasteiger partial charge is 0.318 e. The molecule has 80 valence electrons. The minimum atomic E-state index is -0.205. The molecule has 13 heavy (non-hydrogen) atoms. The lowest BCUT2D eigenvalue weighted by Gasteiger charge is -2.44. The molecule has 0 saturated heterocycles. The van der Waals surface area contributed by atoms with Crippen molar-refractivity contribution in [1.29, 1.82) is 0 Å². The van der Waals surface area contributed by atoms with Gasteiger partial charge in [0.2, 0.25) is 0 Å². The molecule has 0 saturated carbocycles. The smallest absolute Gasteiger partial charge is 0.0453 e. The predicted octanol–water partition coefficient (Wildman–Crippen LogP) is 1.72. The van der Waals surface area contributed by atoms with E-state index in [1.807, 2.05) is 7.05 Å². The van der Waals surface area contributed by atoms with E-state index in [9.17, 15) is 5.21 Å². The minimum absolute atomic E-state index is 0.0650. The van der Waals surface area contributed by atoms with Gasteiger partial charge >= 0.3 is 0 Å². The van der Waals surface area contributed by atoms with Crippen LogP contribution < -0.4 is 5.32 Å². The topological polar surface area (TPSA) is 35.5 Å². The molecule has 0 heterocycles. The van der Waals surface area contributed by atoms with Crippen molar-refractivity contribution >= 4 is 0 Å². The maximum Gasteiger partial charge on any atom is 0.0453 e. The Labute approximate surface area is 82.1 Å². The van der Waals surface area contributed by atoms with Gasteiger partial charge in [0.25, 0.3) is 0 Å². The summed E-state index contributed by atoms with van der Waals surface area (Å²) >= 11 is 0. The number of likely N-dealkylation sites (N-methyl/N-ethyl adjacent to an activating group) is 1. The summed E-state index contributed by atoms with van der Waals surface area (Å²) in [6, 6.07) is 0. The number of hydrogen-bond donors (Lipinski definition) is 2. The number of hydroxylamine groups is 2. The molecular formula is C10H24N2O. The maximum absolute atomic E-state index is 9.84. The number of hydrogen-bond acceptors (Lipinski definition) is 3. The Bertz CT molecular complexity index is 149. The Morgan fingerprint density at radius 2 is 1.62 bits per heavy atom. The maximum atomic E-state index is 9.84. The van der Waals surface area contributed by atoms with Crippen LogP contribution in [0.3, 0.4) is 0 Å². The summed E-state index contributed by atoms with van der Waals surface area (Å²) in [5.74, 6) is 0. The van der Waals surface area contributed by atoms with Gasteiger partial charge in [0, 0.05) is 18.6 Å². The van der Waals surface area contributed by atoms with Crippen molar-refractivity contribution in [2.24, 2.45) is 5.41 Å². The lowest BCUT2D eigenvalue weighted by Crippen LogP contribution is -2.52. The van der Waals surface area contributed by atoms with E-state index in [4.69, 9.17) is 0 Å². The van der Waals surface area contributed by atoms with Crippen molar-refractivity contribution < 1.29 is 5.21 Å². The minimum Gasteiger partial charge on any atom is -0.318 e. The van der Waals surface area contributed by atoms with Crippen LogP contribution in [0.25, 0.3) is 0 Å². The molecule has 0 spiro atoms. The summed E-state index contributed by atoms with van der Waals surface area (Å²) in [7, 11) is 1.89. The molecule has 0 aromatic heterocycles. The molecule has 0 atom stereocenters. The average molecular weight is 188 g/mol. The highest BCUT2D eigenvalue weighted by molar-refractivity contribution is 4.89. The fraction of sp³-hybridized carbons (Fsp3) is 1.00. The Balaban J connectivity index is 4.27. The third-order valence-corrected chi connectivity index (χ3v) is 3.05. The van der Waals surface area contributed by atoms with Crippen LogP contribution in [0.4, 0.5) is 0 Å². The van der Waals surface area contributed by atoms with Crippen molar-refractivity contribution in [3.63, 3.8) is 0 Å². The summed E-state index contributed by atoms with van der Waals surface area (Å²) in [5.41, 5.74) is -0.140. The van der Waals surface area contributed by atoms with E-state index >= 15 is 0 Å². The van der Waals surface area contributed by atoms with E-state index in [0.29, 0.717) is 6.54 Å². The molecule has 0 unspecified atom stereocenters. The molecule has 0 aliphatic heterocycles. The van der Waals surface area contributed by atoms with Crippen LogP contribution in [0.1, 0.15) is 34.6 Å². The van der Waals surface area contributed by atoms with Crippen LogP contribution in [0, 0.1) is 5.41 Å². The van der Waals surface area contributed by atoms with Gasteiger partial charge in [-0.15, -0.1) is 0 Å². The number of nitrogens with one attached hydrogen (secondary N) is 1. The summed E-state index contributed by atoms with van der Waals surface area (Å²) in [4.78, 5) is 0. The Kier molecular flexibility index (Phi) is 4.36. The summed E-state index contributed by atoms with van der Waals surface area (Å²) < 4.78 is 0. The Morgan fingerprint density at radius 3 is 1.92 bits per heavy atom. The quantitative estimate of drug-likeness (QED) is 0.659. The highest BCUT2D eigenvalue weighted by Crippen LogP contribution is 2.33. The summed E-state index contributed by atoms with van der Waals surface area (Å²) in [6.07, 6.45) is 0. The average Bonchev–Trinajstić information content (AvgIpc) is 1.97. The van der Waals surface area contributed by atoms with Gasteiger partial charge < -0.3 is 10.5 Å². The van der Waals surface area contributed by atoms with Crippen molar-refractivity contribution in [2.45, 2.75) is 40.2 Å². The van der Waals surface area contributed by atoms with Crippen molar-refractivity contribution in [2.75, 3.05) is 20.1 Å². The predicted molar refractivity (Wildman–Crippen MR) is 56.0 cm³/mol. The van der Waals surface area contributed by atoms with Gasteiger partial charge in [-0.2, -0.15) is 5.06 Å². The zero-order valence-corrected chi connectivity index (χ0v) is 9.81.